The van der Waals surface area contributed by atoms with E-state index in [1.807, 2.05) is 11.8 Å². The van der Waals surface area contributed by atoms with Gasteiger partial charge in [0.25, 0.3) is 0 Å². The fraction of sp³-hybridized carbons (Fsp3) is 0.538. The van der Waals surface area contributed by atoms with E-state index in [-0.39, 0.29) is 0 Å². The molecule has 1 aliphatic rings. The summed E-state index contributed by atoms with van der Waals surface area (Å²) in [5.41, 5.74) is 6.83. The Kier molecular flexibility index (Phi) is 4.55. The lowest BCUT2D eigenvalue weighted by Crippen LogP contribution is -2.14. The van der Waals surface area contributed by atoms with Crippen LogP contribution >= 0.6 is 11.8 Å². The van der Waals surface area contributed by atoms with Crippen LogP contribution in [0.4, 0.5) is 0 Å². The van der Waals surface area contributed by atoms with Gasteiger partial charge >= 0.3 is 0 Å². The largest absolute Gasteiger partial charge is 0.490 e. The zero-order valence-electron chi connectivity index (χ0n) is 9.52. The first-order valence-corrected chi connectivity index (χ1v) is 7.07. The van der Waals surface area contributed by atoms with Crippen molar-refractivity contribution in [1.29, 1.82) is 0 Å². The Bertz CT molecular complexity index is 306. The topological polar surface area (TPSA) is 35.2 Å². The van der Waals surface area contributed by atoms with Crippen molar-refractivity contribution in [3.63, 3.8) is 0 Å². The molecule has 1 atom stereocenters. The Hall–Kier alpha value is -0.670. The zero-order valence-corrected chi connectivity index (χ0v) is 10.3. The molecule has 0 bridgehead atoms. The molecular formula is C13H19NOS. The Morgan fingerprint density at radius 3 is 2.75 bits per heavy atom. The van der Waals surface area contributed by atoms with Crippen LogP contribution in [0.5, 0.6) is 5.75 Å². The van der Waals surface area contributed by atoms with E-state index in [4.69, 9.17) is 10.5 Å². The molecule has 0 aromatic heterocycles. The molecule has 0 aliphatic carbocycles. The van der Waals surface area contributed by atoms with Gasteiger partial charge in [0.05, 0.1) is 0 Å². The Morgan fingerprint density at radius 1 is 1.31 bits per heavy atom. The highest BCUT2D eigenvalue weighted by molar-refractivity contribution is 7.99. The highest BCUT2D eigenvalue weighted by atomic mass is 32.2. The average molecular weight is 237 g/mol. The number of aryl methyl sites for hydroxylation is 1. The maximum absolute atomic E-state index is 5.89. The van der Waals surface area contributed by atoms with Gasteiger partial charge in [-0.15, -0.1) is 0 Å². The van der Waals surface area contributed by atoms with Crippen LogP contribution in [-0.2, 0) is 6.42 Å². The summed E-state index contributed by atoms with van der Waals surface area (Å²) in [5, 5.41) is 0. The standard InChI is InChI=1S/C13H19NOS/c14-8-1-2-11-3-5-12(6-4-11)15-13-7-9-16-10-13/h3-6,13H,1-2,7-10,14H2. The number of rotatable bonds is 5. The summed E-state index contributed by atoms with van der Waals surface area (Å²) in [6, 6.07) is 8.45. The fourth-order valence-electron chi connectivity index (χ4n) is 1.84. The Balaban J connectivity index is 1.86. The highest BCUT2D eigenvalue weighted by Crippen LogP contribution is 2.23. The molecule has 2 rings (SSSR count). The van der Waals surface area contributed by atoms with Gasteiger partial charge in [-0.05, 0) is 49.3 Å². The molecular weight excluding hydrogens is 218 g/mol. The fourth-order valence-corrected chi connectivity index (χ4v) is 2.93. The quantitative estimate of drug-likeness (QED) is 0.854. The van der Waals surface area contributed by atoms with Crippen molar-refractivity contribution >= 4 is 11.8 Å². The van der Waals surface area contributed by atoms with Crippen LogP contribution in [-0.4, -0.2) is 24.2 Å². The van der Waals surface area contributed by atoms with Gasteiger partial charge in [-0.25, -0.2) is 0 Å². The molecule has 0 radical (unpaired) electrons. The van der Waals surface area contributed by atoms with Gasteiger partial charge in [0.2, 0.25) is 0 Å². The molecule has 0 spiro atoms. The normalized spacial score (nSPS) is 19.9. The number of nitrogens with two attached hydrogens (primary N) is 1. The number of benzene rings is 1. The number of thioether (sulfide) groups is 1. The smallest absolute Gasteiger partial charge is 0.119 e. The molecule has 1 fully saturated rings. The van der Waals surface area contributed by atoms with Crippen molar-refractivity contribution < 1.29 is 4.74 Å². The molecule has 3 heteroatoms. The van der Waals surface area contributed by atoms with E-state index in [9.17, 15) is 0 Å². The molecule has 2 N–H and O–H groups in total. The van der Waals surface area contributed by atoms with Crippen LogP contribution in [0.3, 0.4) is 0 Å². The minimum Gasteiger partial charge on any atom is -0.490 e. The van der Waals surface area contributed by atoms with E-state index in [1.54, 1.807) is 0 Å². The molecule has 1 saturated heterocycles. The van der Waals surface area contributed by atoms with Gasteiger partial charge < -0.3 is 10.5 Å². The lowest BCUT2D eigenvalue weighted by atomic mass is 10.1. The second-order valence-electron chi connectivity index (χ2n) is 4.14. The third-order valence-electron chi connectivity index (χ3n) is 2.78. The predicted molar refractivity (Wildman–Crippen MR) is 70.2 cm³/mol. The first-order chi connectivity index (χ1) is 7.88. The molecule has 1 heterocycles. The van der Waals surface area contributed by atoms with Gasteiger partial charge in [-0.3, -0.25) is 0 Å². The van der Waals surface area contributed by atoms with Crippen LogP contribution in [0, 0.1) is 0 Å². The van der Waals surface area contributed by atoms with Crippen molar-refractivity contribution in [2.75, 3.05) is 18.1 Å². The summed E-state index contributed by atoms with van der Waals surface area (Å²) < 4.78 is 5.89. The first kappa shape index (κ1) is 11.8. The lowest BCUT2D eigenvalue weighted by molar-refractivity contribution is 0.229. The van der Waals surface area contributed by atoms with Crippen LogP contribution in [0.1, 0.15) is 18.4 Å². The summed E-state index contributed by atoms with van der Waals surface area (Å²) in [6.45, 7) is 0.761. The SMILES string of the molecule is NCCCc1ccc(OC2CCSC2)cc1. The second kappa shape index (κ2) is 6.16. The summed E-state index contributed by atoms with van der Waals surface area (Å²) in [4.78, 5) is 0. The molecule has 88 valence electrons. The molecule has 16 heavy (non-hydrogen) atoms. The Labute approximate surface area is 102 Å². The van der Waals surface area contributed by atoms with Gasteiger partial charge in [-0.2, -0.15) is 11.8 Å². The van der Waals surface area contributed by atoms with E-state index in [0.717, 1.165) is 30.9 Å². The molecule has 1 aromatic rings. The van der Waals surface area contributed by atoms with Gasteiger partial charge in [-0.1, -0.05) is 12.1 Å². The zero-order chi connectivity index (χ0) is 11.2. The third-order valence-corrected chi connectivity index (χ3v) is 3.92. The van der Waals surface area contributed by atoms with Crippen molar-refractivity contribution in [2.24, 2.45) is 5.73 Å². The summed E-state index contributed by atoms with van der Waals surface area (Å²) in [7, 11) is 0. The van der Waals surface area contributed by atoms with Crippen molar-refractivity contribution in [1.82, 2.24) is 0 Å². The molecule has 0 amide bonds. The van der Waals surface area contributed by atoms with Crippen LogP contribution in [0.2, 0.25) is 0 Å². The van der Waals surface area contributed by atoms with Crippen molar-refractivity contribution in [2.45, 2.75) is 25.4 Å². The third kappa shape index (κ3) is 3.42. The Morgan fingerprint density at radius 2 is 2.12 bits per heavy atom. The average Bonchev–Trinajstić information content (AvgIpc) is 2.81. The highest BCUT2D eigenvalue weighted by Gasteiger charge is 2.16. The van der Waals surface area contributed by atoms with Gasteiger partial charge in [0, 0.05) is 5.75 Å². The monoisotopic (exact) mass is 237 g/mol. The summed E-state index contributed by atoms with van der Waals surface area (Å²) in [5.74, 6) is 3.37. The summed E-state index contributed by atoms with van der Waals surface area (Å²) >= 11 is 1.98. The van der Waals surface area contributed by atoms with Crippen molar-refractivity contribution in [3.8, 4) is 5.75 Å². The minimum absolute atomic E-state index is 0.417. The number of hydrogen-bond acceptors (Lipinski definition) is 3. The van der Waals surface area contributed by atoms with Gasteiger partial charge in [0.15, 0.2) is 0 Å². The van der Waals surface area contributed by atoms with E-state index in [2.05, 4.69) is 24.3 Å². The molecule has 1 aliphatic heterocycles. The predicted octanol–water partition coefficient (Wildman–Crippen LogP) is 2.46. The molecule has 2 nitrogen and oxygen atoms in total. The van der Waals surface area contributed by atoms with Crippen molar-refractivity contribution in [3.05, 3.63) is 29.8 Å². The van der Waals surface area contributed by atoms with E-state index >= 15 is 0 Å². The lowest BCUT2D eigenvalue weighted by Gasteiger charge is -2.12. The second-order valence-corrected chi connectivity index (χ2v) is 5.29. The number of hydrogen-bond donors (Lipinski definition) is 1. The van der Waals surface area contributed by atoms with E-state index in [1.165, 1.54) is 17.7 Å². The minimum atomic E-state index is 0.417. The summed E-state index contributed by atoms with van der Waals surface area (Å²) in [6.07, 6.45) is 3.72. The van der Waals surface area contributed by atoms with E-state index in [0.29, 0.717) is 6.10 Å². The van der Waals surface area contributed by atoms with Gasteiger partial charge in [0.1, 0.15) is 11.9 Å². The van der Waals surface area contributed by atoms with Crippen LogP contribution < -0.4 is 10.5 Å². The molecule has 1 aromatic carbocycles. The maximum atomic E-state index is 5.89. The number of ether oxygens (including phenoxy) is 1. The van der Waals surface area contributed by atoms with Crippen LogP contribution in [0.15, 0.2) is 24.3 Å². The van der Waals surface area contributed by atoms with Crippen LogP contribution in [0.25, 0.3) is 0 Å². The maximum Gasteiger partial charge on any atom is 0.119 e. The molecule has 1 unspecified atom stereocenters. The first-order valence-electron chi connectivity index (χ1n) is 5.92. The molecule has 0 saturated carbocycles. The van der Waals surface area contributed by atoms with E-state index < -0.39 is 0 Å².